The molecule has 0 bridgehead atoms. The Morgan fingerprint density at radius 1 is 1.14 bits per heavy atom. The Labute approximate surface area is 228 Å². The molecule has 0 fully saturated rings. The van der Waals surface area contributed by atoms with Crippen molar-refractivity contribution >= 4 is 35.8 Å². The van der Waals surface area contributed by atoms with Crippen molar-refractivity contribution in [3.63, 3.8) is 0 Å². The van der Waals surface area contributed by atoms with E-state index >= 15 is 0 Å². The van der Waals surface area contributed by atoms with Crippen molar-refractivity contribution in [1.29, 1.82) is 0 Å². The van der Waals surface area contributed by atoms with Gasteiger partial charge in [-0.05, 0) is 99.4 Å². The zero-order valence-electron chi connectivity index (χ0n) is 21.9. The largest absolute Gasteiger partial charge is 0.491 e. The number of nitrogens with zero attached hydrogens (tertiary/aromatic N) is 1. The van der Waals surface area contributed by atoms with Crippen molar-refractivity contribution in [2.24, 2.45) is 11.7 Å². The van der Waals surface area contributed by atoms with Crippen LogP contribution in [0.25, 0.3) is 0 Å². The van der Waals surface area contributed by atoms with Crippen LogP contribution in [0.1, 0.15) is 74.7 Å². The van der Waals surface area contributed by atoms with Gasteiger partial charge in [-0.25, -0.2) is 0 Å². The zero-order chi connectivity index (χ0) is 26.2. The summed E-state index contributed by atoms with van der Waals surface area (Å²) in [5, 5.41) is 0.775. The number of primary amides is 1. The third kappa shape index (κ3) is 10.9. The molecule has 0 unspecified atom stereocenters. The van der Waals surface area contributed by atoms with Crippen molar-refractivity contribution in [2.45, 2.75) is 65.2 Å². The lowest BCUT2D eigenvalue weighted by atomic mass is 9.97. The summed E-state index contributed by atoms with van der Waals surface area (Å²) >= 11 is 10.4. The highest BCUT2D eigenvalue weighted by Gasteiger charge is 2.16. The Bertz CT molecular complexity index is 950. The first-order valence-corrected chi connectivity index (χ1v) is 14.3. The number of unbranched alkanes of at least 4 members (excludes halogenated alkanes) is 2. The molecule has 0 aromatic heterocycles. The van der Waals surface area contributed by atoms with E-state index in [0.29, 0.717) is 18.1 Å². The van der Waals surface area contributed by atoms with Gasteiger partial charge in [0.05, 0.1) is 12.3 Å². The second-order valence-electron chi connectivity index (χ2n) is 9.20. The lowest BCUT2D eigenvalue weighted by molar-refractivity contribution is 0.1000. The number of hydrogen-bond acceptors (Lipinski definition) is 4. The fourth-order valence-electron chi connectivity index (χ4n) is 4.24. The Kier molecular flexibility index (Phi) is 14.5. The van der Waals surface area contributed by atoms with Gasteiger partial charge in [-0.1, -0.05) is 49.2 Å². The molecule has 0 aliphatic heterocycles. The van der Waals surface area contributed by atoms with E-state index in [0.717, 1.165) is 86.7 Å². The van der Waals surface area contributed by atoms with Crippen molar-refractivity contribution in [3.8, 4) is 5.75 Å². The molecule has 0 saturated carbocycles. The smallest absolute Gasteiger partial charge is 0.248 e. The SMILES string of the molecule is CC[C@@H](C/C=C/CCCS)CCN(CC)c1cc(C(N)=O)ccc1OCCCCc1cccc(Cl)c1. The molecule has 0 heterocycles. The first-order chi connectivity index (χ1) is 17.5. The molecule has 1 amide bonds. The van der Waals surface area contributed by atoms with E-state index in [4.69, 9.17) is 22.1 Å². The maximum Gasteiger partial charge on any atom is 0.248 e. The maximum absolute atomic E-state index is 11.9. The number of halogens is 1. The molecule has 2 aromatic rings. The van der Waals surface area contributed by atoms with E-state index in [1.165, 1.54) is 5.56 Å². The van der Waals surface area contributed by atoms with Gasteiger partial charge in [0.15, 0.2) is 0 Å². The first-order valence-electron chi connectivity index (χ1n) is 13.3. The molecule has 36 heavy (non-hydrogen) atoms. The second kappa shape index (κ2) is 17.4. The number of carbonyl (C=O) groups is 1. The highest BCUT2D eigenvalue weighted by molar-refractivity contribution is 7.80. The lowest BCUT2D eigenvalue weighted by Crippen LogP contribution is -2.27. The average molecular weight is 531 g/mol. The number of hydrogen-bond donors (Lipinski definition) is 2. The molecule has 0 aliphatic rings. The van der Waals surface area contributed by atoms with Gasteiger partial charge in [0.1, 0.15) is 5.75 Å². The van der Waals surface area contributed by atoms with E-state index < -0.39 is 5.91 Å². The summed E-state index contributed by atoms with van der Waals surface area (Å²) in [5.41, 5.74) is 8.29. The summed E-state index contributed by atoms with van der Waals surface area (Å²) in [4.78, 5) is 14.2. The minimum Gasteiger partial charge on any atom is -0.491 e. The van der Waals surface area contributed by atoms with Crippen LogP contribution in [-0.2, 0) is 6.42 Å². The van der Waals surface area contributed by atoms with Gasteiger partial charge in [0, 0.05) is 23.7 Å². The Balaban J connectivity index is 1.98. The molecule has 0 spiro atoms. The number of allylic oxidation sites excluding steroid dienone is 2. The number of benzene rings is 2. The Morgan fingerprint density at radius 2 is 1.97 bits per heavy atom. The molecular weight excluding hydrogens is 488 g/mol. The molecular formula is C30H43ClN2O2S. The highest BCUT2D eigenvalue weighted by atomic mass is 35.5. The molecule has 2 rings (SSSR count). The van der Waals surface area contributed by atoms with Crippen molar-refractivity contribution < 1.29 is 9.53 Å². The molecule has 4 nitrogen and oxygen atoms in total. The maximum atomic E-state index is 11.9. The van der Waals surface area contributed by atoms with Gasteiger partial charge in [-0.3, -0.25) is 4.79 Å². The molecule has 1 atom stereocenters. The topological polar surface area (TPSA) is 55.6 Å². The predicted molar refractivity (Wildman–Crippen MR) is 158 cm³/mol. The van der Waals surface area contributed by atoms with Crippen LogP contribution in [0.15, 0.2) is 54.6 Å². The summed E-state index contributed by atoms with van der Waals surface area (Å²) in [7, 11) is 0. The number of amides is 1. The second-order valence-corrected chi connectivity index (χ2v) is 10.1. The summed E-state index contributed by atoms with van der Waals surface area (Å²) < 4.78 is 6.21. The summed E-state index contributed by atoms with van der Waals surface area (Å²) in [6.07, 6.45) is 13.1. The number of carbonyl (C=O) groups excluding carboxylic acids is 1. The molecule has 6 heteroatoms. The van der Waals surface area contributed by atoms with Gasteiger partial charge >= 0.3 is 0 Å². The quantitative estimate of drug-likeness (QED) is 0.118. The fraction of sp³-hybridized carbons (Fsp3) is 0.500. The van der Waals surface area contributed by atoms with Crippen LogP contribution in [0.3, 0.4) is 0 Å². The van der Waals surface area contributed by atoms with Crippen LogP contribution < -0.4 is 15.4 Å². The summed E-state index contributed by atoms with van der Waals surface area (Å²) in [6.45, 7) is 6.77. The molecule has 0 radical (unpaired) electrons. The van der Waals surface area contributed by atoms with Crippen LogP contribution >= 0.6 is 24.2 Å². The van der Waals surface area contributed by atoms with Crippen LogP contribution in [0.4, 0.5) is 5.69 Å². The van der Waals surface area contributed by atoms with E-state index in [9.17, 15) is 4.79 Å². The molecule has 0 saturated heterocycles. The van der Waals surface area contributed by atoms with Crippen molar-refractivity contribution in [1.82, 2.24) is 0 Å². The molecule has 198 valence electrons. The third-order valence-corrected chi connectivity index (χ3v) is 7.07. The summed E-state index contributed by atoms with van der Waals surface area (Å²) in [6, 6.07) is 13.5. The standard InChI is InChI=1S/C30H43ClN2O2S/c1-3-24(12-7-5-6-10-21-36)18-19-33(4-2)28-23-26(30(32)34)16-17-29(28)35-20-9-8-13-25-14-11-15-27(31)22-25/h5,7,11,14-17,22-24,36H,3-4,6,8-10,12-13,18-21H2,1-2H3,(H2,32,34)/b7-5+/t24-/m0/s1. The van der Waals surface area contributed by atoms with Crippen molar-refractivity contribution in [2.75, 3.05) is 30.3 Å². The number of rotatable bonds is 18. The third-order valence-electron chi connectivity index (χ3n) is 6.52. The number of anilines is 1. The minimum atomic E-state index is -0.418. The minimum absolute atomic E-state index is 0.418. The van der Waals surface area contributed by atoms with Gasteiger partial charge < -0.3 is 15.4 Å². The van der Waals surface area contributed by atoms with Crippen LogP contribution in [0.2, 0.25) is 5.02 Å². The van der Waals surface area contributed by atoms with Crippen LogP contribution in [-0.4, -0.2) is 31.4 Å². The van der Waals surface area contributed by atoms with Gasteiger partial charge in [-0.15, -0.1) is 0 Å². The number of aryl methyl sites for hydroxylation is 1. The number of ether oxygens (including phenoxy) is 1. The van der Waals surface area contributed by atoms with Crippen LogP contribution in [0.5, 0.6) is 5.75 Å². The summed E-state index contributed by atoms with van der Waals surface area (Å²) in [5.74, 6) is 1.95. The monoisotopic (exact) mass is 530 g/mol. The van der Waals surface area contributed by atoms with E-state index in [1.54, 1.807) is 6.07 Å². The molecule has 0 aliphatic carbocycles. The lowest BCUT2D eigenvalue weighted by Gasteiger charge is -2.27. The Hall–Kier alpha value is -2.11. The van der Waals surface area contributed by atoms with Gasteiger partial charge in [0.2, 0.25) is 5.91 Å². The molecule has 2 N–H and O–H groups in total. The number of thiol groups is 1. The van der Waals surface area contributed by atoms with Crippen LogP contribution in [0, 0.1) is 5.92 Å². The predicted octanol–water partition coefficient (Wildman–Crippen LogP) is 7.74. The number of nitrogens with two attached hydrogens (primary N) is 1. The highest BCUT2D eigenvalue weighted by Crippen LogP contribution is 2.31. The van der Waals surface area contributed by atoms with Gasteiger partial charge in [0.25, 0.3) is 0 Å². The zero-order valence-corrected chi connectivity index (χ0v) is 23.6. The van der Waals surface area contributed by atoms with Gasteiger partial charge in [-0.2, -0.15) is 12.6 Å². The normalized spacial score (nSPS) is 12.1. The van der Waals surface area contributed by atoms with E-state index in [1.807, 2.05) is 30.3 Å². The van der Waals surface area contributed by atoms with E-state index in [2.05, 4.69) is 49.6 Å². The van der Waals surface area contributed by atoms with Crippen molar-refractivity contribution in [3.05, 3.63) is 70.8 Å². The Morgan fingerprint density at radius 3 is 2.67 bits per heavy atom. The first kappa shape index (κ1) is 30.1. The molecule has 2 aromatic carbocycles. The fourth-order valence-corrected chi connectivity index (χ4v) is 4.63. The average Bonchev–Trinajstić information content (AvgIpc) is 2.87. The van der Waals surface area contributed by atoms with E-state index in [-0.39, 0.29) is 0 Å².